The fourth-order valence-electron chi connectivity index (χ4n) is 2.94. The summed E-state index contributed by atoms with van der Waals surface area (Å²) in [5, 5.41) is 6.32. The molecule has 138 valence electrons. The van der Waals surface area contributed by atoms with Crippen LogP contribution in [0.15, 0.2) is 46.9 Å². The van der Waals surface area contributed by atoms with E-state index in [1.54, 1.807) is 19.1 Å². The number of fused-ring (bicyclic) bond motifs is 1. The molecule has 1 aliphatic rings. The molecule has 0 spiro atoms. The molecule has 0 unspecified atom stereocenters. The van der Waals surface area contributed by atoms with E-state index in [1.165, 1.54) is 18.2 Å². The minimum Gasteiger partial charge on any atom is -0.451 e. The van der Waals surface area contributed by atoms with Crippen LogP contribution in [0.5, 0.6) is 0 Å². The van der Waals surface area contributed by atoms with Gasteiger partial charge in [-0.2, -0.15) is 0 Å². The minimum absolute atomic E-state index is 0.0711. The maximum Gasteiger partial charge on any atom is 0.287 e. The van der Waals surface area contributed by atoms with Crippen molar-refractivity contribution >= 4 is 22.8 Å². The lowest BCUT2D eigenvalue weighted by molar-refractivity contribution is 0.0921. The molecule has 1 fully saturated rings. The fourth-order valence-corrected chi connectivity index (χ4v) is 2.94. The zero-order chi connectivity index (χ0) is 19.0. The van der Waals surface area contributed by atoms with Crippen molar-refractivity contribution in [2.24, 2.45) is 0 Å². The normalized spacial score (nSPS) is 13.6. The Kier molecular flexibility index (Phi) is 4.39. The quantitative estimate of drug-likeness (QED) is 0.723. The van der Waals surface area contributed by atoms with E-state index >= 15 is 0 Å². The summed E-state index contributed by atoms with van der Waals surface area (Å²) in [5.74, 6) is -0.627. The molecule has 0 saturated heterocycles. The van der Waals surface area contributed by atoms with E-state index in [-0.39, 0.29) is 23.4 Å². The number of amides is 2. The van der Waals surface area contributed by atoms with Crippen molar-refractivity contribution in [2.45, 2.75) is 32.4 Å². The molecule has 1 heterocycles. The summed E-state index contributed by atoms with van der Waals surface area (Å²) in [7, 11) is 0. The van der Waals surface area contributed by atoms with E-state index in [0.29, 0.717) is 34.7 Å². The third-order valence-corrected chi connectivity index (χ3v) is 4.69. The van der Waals surface area contributed by atoms with Crippen molar-refractivity contribution in [1.82, 2.24) is 10.6 Å². The van der Waals surface area contributed by atoms with E-state index in [1.807, 2.05) is 12.1 Å². The minimum atomic E-state index is -0.371. The Balaban J connectivity index is 1.41. The van der Waals surface area contributed by atoms with Gasteiger partial charge in [0, 0.05) is 29.1 Å². The zero-order valence-electron chi connectivity index (χ0n) is 14.8. The number of benzene rings is 2. The predicted molar refractivity (Wildman–Crippen MR) is 99.0 cm³/mol. The van der Waals surface area contributed by atoms with Crippen LogP contribution < -0.4 is 10.6 Å². The van der Waals surface area contributed by atoms with Crippen LogP contribution in [0.2, 0.25) is 0 Å². The van der Waals surface area contributed by atoms with Gasteiger partial charge in [0.25, 0.3) is 11.8 Å². The highest BCUT2D eigenvalue weighted by Gasteiger charge is 2.23. The van der Waals surface area contributed by atoms with Crippen LogP contribution in [0.3, 0.4) is 0 Å². The lowest BCUT2D eigenvalue weighted by Gasteiger charge is -2.06. The highest BCUT2D eigenvalue weighted by Crippen LogP contribution is 2.26. The zero-order valence-corrected chi connectivity index (χ0v) is 14.8. The molecule has 6 heteroatoms. The first-order valence-corrected chi connectivity index (χ1v) is 8.88. The molecular weight excluding hydrogens is 347 g/mol. The van der Waals surface area contributed by atoms with Crippen LogP contribution in [-0.4, -0.2) is 17.9 Å². The van der Waals surface area contributed by atoms with Crippen molar-refractivity contribution < 1.29 is 18.4 Å². The van der Waals surface area contributed by atoms with Crippen molar-refractivity contribution in [3.8, 4) is 0 Å². The molecule has 1 saturated carbocycles. The number of furan rings is 1. The molecule has 2 aromatic carbocycles. The molecule has 1 aromatic heterocycles. The maximum atomic E-state index is 13.4. The molecule has 0 bridgehead atoms. The van der Waals surface area contributed by atoms with Gasteiger partial charge in [0.05, 0.1) is 0 Å². The number of carbonyl (C=O) groups is 2. The Labute approximate surface area is 155 Å². The van der Waals surface area contributed by atoms with E-state index in [2.05, 4.69) is 10.6 Å². The lowest BCUT2D eigenvalue weighted by atomic mass is 10.1. The van der Waals surface area contributed by atoms with Crippen LogP contribution in [-0.2, 0) is 6.54 Å². The summed E-state index contributed by atoms with van der Waals surface area (Å²) in [5.41, 5.74) is 2.55. The standard InChI is InChI=1S/C21H19FN2O3/c1-12-17-10-15(22)6-9-18(17)27-19(12)21(26)23-11-13-2-4-14(5-3-13)20(25)24-16-7-8-16/h2-6,9-10,16H,7-8,11H2,1H3,(H,23,26)(H,24,25). The van der Waals surface area contributed by atoms with Crippen LogP contribution in [0.1, 0.15) is 44.9 Å². The van der Waals surface area contributed by atoms with Crippen LogP contribution >= 0.6 is 0 Å². The van der Waals surface area contributed by atoms with Crippen LogP contribution in [0.25, 0.3) is 11.0 Å². The summed E-state index contributed by atoms with van der Waals surface area (Å²) in [6.45, 7) is 2.03. The van der Waals surface area contributed by atoms with E-state index in [9.17, 15) is 14.0 Å². The second-order valence-corrected chi connectivity index (χ2v) is 6.82. The molecule has 0 atom stereocenters. The van der Waals surface area contributed by atoms with Gasteiger partial charge < -0.3 is 15.1 Å². The molecule has 5 nitrogen and oxygen atoms in total. The van der Waals surface area contributed by atoms with E-state index in [4.69, 9.17) is 4.42 Å². The lowest BCUT2D eigenvalue weighted by Crippen LogP contribution is -2.25. The van der Waals surface area contributed by atoms with E-state index in [0.717, 1.165) is 18.4 Å². The first kappa shape index (κ1) is 17.3. The van der Waals surface area contributed by atoms with Gasteiger partial charge in [0.2, 0.25) is 0 Å². The molecule has 4 rings (SSSR count). The van der Waals surface area contributed by atoms with Crippen molar-refractivity contribution in [1.29, 1.82) is 0 Å². The summed E-state index contributed by atoms with van der Waals surface area (Å²) in [4.78, 5) is 24.4. The van der Waals surface area contributed by atoms with Gasteiger partial charge in [-0.1, -0.05) is 12.1 Å². The third-order valence-electron chi connectivity index (χ3n) is 4.69. The number of nitrogens with one attached hydrogen (secondary N) is 2. The topological polar surface area (TPSA) is 71.3 Å². The fraction of sp³-hybridized carbons (Fsp3) is 0.238. The predicted octanol–water partition coefficient (Wildman–Crippen LogP) is 3.70. The molecule has 3 aromatic rings. The largest absolute Gasteiger partial charge is 0.451 e. The Hall–Kier alpha value is -3.15. The first-order chi connectivity index (χ1) is 13.0. The Morgan fingerprint density at radius 1 is 1.11 bits per heavy atom. The third kappa shape index (κ3) is 3.69. The molecule has 1 aliphatic carbocycles. The molecule has 2 N–H and O–H groups in total. The van der Waals surface area contributed by atoms with Gasteiger partial charge in [-0.3, -0.25) is 9.59 Å². The van der Waals surface area contributed by atoms with Gasteiger partial charge in [0.1, 0.15) is 11.4 Å². The maximum absolute atomic E-state index is 13.4. The molecular formula is C21H19FN2O3. The molecule has 0 radical (unpaired) electrons. The summed E-state index contributed by atoms with van der Waals surface area (Å²) in [6, 6.07) is 11.6. The van der Waals surface area contributed by atoms with Gasteiger partial charge in [-0.25, -0.2) is 4.39 Å². The van der Waals surface area contributed by atoms with Crippen molar-refractivity contribution in [2.75, 3.05) is 0 Å². The first-order valence-electron chi connectivity index (χ1n) is 8.88. The van der Waals surface area contributed by atoms with Crippen LogP contribution in [0, 0.1) is 12.7 Å². The smallest absolute Gasteiger partial charge is 0.287 e. The van der Waals surface area contributed by atoms with E-state index < -0.39 is 0 Å². The van der Waals surface area contributed by atoms with Gasteiger partial charge in [-0.05, 0) is 55.7 Å². The van der Waals surface area contributed by atoms with Gasteiger partial charge >= 0.3 is 0 Å². The number of halogens is 1. The highest BCUT2D eigenvalue weighted by atomic mass is 19.1. The second kappa shape index (κ2) is 6.87. The Bertz CT molecular complexity index is 1020. The van der Waals surface area contributed by atoms with Crippen molar-refractivity contribution in [3.63, 3.8) is 0 Å². The summed E-state index contributed by atoms with van der Waals surface area (Å²) in [6.07, 6.45) is 2.09. The monoisotopic (exact) mass is 366 g/mol. The summed E-state index contributed by atoms with van der Waals surface area (Å²) >= 11 is 0. The summed E-state index contributed by atoms with van der Waals surface area (Å²) < 4.78 is 19.0. The Morgan fingerprint density at radius 3 is 2.56 bits per heavy atom. The number of carbonyl (C=O) groups excluding carboxylic acids is 2. The Morgan fingerprint density at radius 2 is 1.85 bits per heavy atom. The number of hydrogen-bond donors (Lipinski definition) is 2. The van der Waals surface area contributed by atoms with Crippen LogP contribution in [0.4, 0.5) is 4.39 Å². The van der Waals surface area contributed by atoms with Gasteiger partial charge in [0.15, 0.2) is 5.76 Å². The molecule has 27 heavy (non-hydrogen) atoms. The molecule has 2 amide bonds. The van der Waals surface area contributed by atoms with Gasteiger partial charge in [-0.15, -0.1) is 0 Å². The SMILES string of the molecule is Cc1c(C(=O)NCc2ccc(C(=O)NC3CC3)cc2)oc2ccc(F)cc12. The average Bonchev–Trinajstić information content (AvgIpc) is 3.43. The highest BCUT2D eigenvalue weighted by molar-refractivity contribution is 5.99. The number of aryl methyl sites for hydroxylation is 1. The number of hydrogen-bond acceptors (Lipinski definition) is 3. The number of rotatable bonds is 5. The molecule has 0 aliphatic heterocycles. The second-order valence-electron chi connectivity index (χ2n) is 6.82. The van der Waals surface area contributed by atoms with Crippen molar-refractivity contribution in [3.05, 3.63) is 70.7 Å². The average molecular weight is 366 g/mol.